The minimum absolute atomic E-state index is 0.0128. The first-order valence-electron chi connectivity index (χ1n) is 21.3. The van der Waals surface area contributed by atoms with Crippen molar-refractivity contribution < 1.29 is 128 Å². The lowest BCUT2D eigenvalue weighted by atomic mass is 9.97. The van der Waals surface area contributed by atoms with Crippen molar-refractivity contribution in [1.29, 1.82) is 0 Å². The average Bonchev–Trinajstić information content (AvgIpc) is 3.09. The minimum Gasteiger partial charge on any atom is -0.444 e. The smallest absolute Gasteiger partial charge is 0.444 e. The fraction of sp³-hybridized carbons (Fsp3) is 0.650. The first kappa shape index (κ1) is 69.6. The van der Waals surface area contributed by atoms with Crippen molar-refractivity contribution in [3.63, 3.8) is 0 Å². The lowest BCUT2D eigenvalue weighted by Crippen LogP contribution is -2.53. The molecule has 4 rings (SSSR count). The Morgan fingerprint density at radius 1 is 0.506 bits per heavy atom. The van der Waals surface area contributed by atoms with Gasteiger partial charge in [0.05, 0.1) is 30.6 Å². The number of hydrogen-bond donors (Lipinski definition) is 0. The molecule has 77 heavy (non-hydrogen) atoms. The van der Waals surface area contributed by atoms with Crippen molar-refractivity contribution in [2.75, 3.05) is 43.0 Å². The number of amides is 3. The van der Waals surface area contributed by atoms with Gasteiger partial charge in [0.25, 0.3) is 0 Å². The van der Waals surface area contributed by atoms with E-state index in [1.807, 2.05) is 20.8 Å². The topological polar surface area (TPSA) is 264 Å². The van der Waals surface area contributed by atoms with Crippen LogP contribution >= 0.6 is 0 Å². The van der Waals surface area contributed by atoms with Crippen molar-refractivity contribution in [2.45, 2.75) is 115 Å². The third kappa shape index (κ3) is 20.4. The Morgan fingerprint density at radius 2 is 0.818 bits per heavy atom. The van der Waals surface area contributed by atoms with Crippen molar-refractivity contribution in [3.05, 3.63) is 54.0 Å². The summed E-state index contributed by atoms with van der Waals surface area (Å²) in [6.45, 7) is 22.2. The van der Waals surface area contributed by atoms with E-state index in [4.69, 9.17) is 14.2 Å². The van der Waals surface area contributed by atoms with E-state index in [-0.39, 0.29) is 55.3 Å². The van der Waals surface area contributed by atoms with Gasteiger partial charge in [-0.3, -0.25) is 9.69 Å². The van der Waals surface area contributed by atoms with Gasteiger partial charge < -0.3 is 32.4 Å². The number of rotatable bonds is 9. The summed E-state index contributed by atoms with van der Waals surface area (Å²) >= 11 is 0. The highest BCUT2D eigenvalue weighted by atomic mass is 32.3. The van der Waals surface area contributed by atoms with Crippen LogP contribution in [0.2, 0.25) is 0 Å². The summed E-state index contributed by atoms with van der Waals surface area (Å²) in [4.78, 5) is 49.5. The van der Waals surface area contributed by atoms with Crippen molar-refractivity contribution >= 4 is 70.0 Å². The molecule has 0 unspecified atom stereocenters. The number of allylic oxidation sites excluding steroid dienone is 1. The zero-order valence-corrected chi connectivity index (χ0v) is 45.7. The number of benzene rings is 1. The van der Waals surface area contributed by atoms with E-state index in [0.717, 1.165) is 25.1 Å². The Labute approximate surface area is 435 Å². The second-order valence-electron chi connectivity index (χ2n) is 19.1. The lowest BCUT2D eigenvalue weighted by molar-refractivity contribution is -0.125. The number of halogens is 12. The van der Waals surface area contributed by atoms with Gasteiger partial charge in [-0.05, 0) is 88.3 Å². The standard InChI is InChI=1S/2C11H16F3NO5S.C10H17NO3.C8H5F6NO4S2/c2*1-7(20-21(17,18)11(12,13)14)8-5-15(6-8)9(16)19-10(2,3)4;1-7(12)8-5-11(6-8)9(13)14-10(2,3)4;9-7(10,11)20(16,17)15(6-4-2-1-3-5-6)21(18,19)8(12,13)14/h5-6H2,1-4H3;8H,1,5-6H2,2-4H3;8H,5-6H2,1-4H3;1-5H. The number of ether oxygens (including phenoxy) is 3. The summed E-state index contributed by atoms with van der Waals surface area (Å²) in [5, 5.41) is 0. The first-order valence-corrected chi connectivity index (χ1v) is 27.0. The van der Waals surface area contributed by atoms with Gasteiger partial charge in [0, 0.05) is 31.8 Å². The van der Waals surface area contributed by atoms with Crippen LogP contribution in [0.15, 0.2) is 54.0 Å². The molecule has 37 heteroatoms. The molecule has 21 nitrogen and oxygen atoms in total. The van der Waals surface area contributed by atoms with Crippen LogP contribution in [0, 0.1) is 11.8 Å². The predicted molar refractivity (Wildman–Crippen MR) is 244 cm³/mol. The van der Waals surface area contributed by atoms with Crippen LogP contribution in [0.1, 0.15) is 76.2 Å². The Morgan fingerprint density at radius 3 is 1.12 bits per heavy atom. The molecule has 1 aromatic rings. The molecule has 0 radical (unpaired) electrons. The van der Waals surface area contributed by atoms with Gasteiger partial charge in [0.2, 0.25) is 0 Å². The fourth-order valence-electron chi connectivity index (χ4n) is 5.13. The first-order chi connectivity index (χ1) is 34.0. The number of ketones is 1. The van der Waals surface area contributed by atoms with Gasteiger partial charge in [0.1, 0.15) is 34.1 Å². The molecule has 0 spiro atoms. The molecule has 444 valence electrons. The lowest BCUT2D eigenvalue weighted by Gasteiger charge is -2.39. The third-order valence-corrected chi connectivity index (χ3v) is 14.7. The number of hydrogen-bond acceptors (Lipinski definition) is 17. The van der Waals surface area contributed by atoms with E-state index in [2.05, 4.69) is 14.9 Å². The third-order valence-electron chi connectivity index (χ3n) is 9.02. The van der Waals surface area contributed by atoms with E-state index in [9.17, 15) is 106 Å². The number of carbonyl (C=O) groups excluding carboxylic acids is 4. The Kier molecular flexibility index (Phi) is 21.9. The molecule has 3 heterocycles. The second-order valence-corrected chi connectivity index (χ2v) is 26.0. The van der Waals surface area contributed by atoms with Gasteiger partial charge in [-0.2, -0.15) is 86.4 Å². The number of carbonyl (C=O) groups is 4. The normalized spacial score (nSPS) is 16.1. The largest absolute Gasteiger partial charge is 0.534 e. The van der Waals surface area contributed by atoms with Gasteiger partial charge >= 0.3 is 80.6 Å². The number of likely N-dealkylation sites (tertiary alicyclic amines) is 3. The highest BCUT2D eigenvalue weighted by Gasteiger charge is 2.62. The maximum atomic E-state index is 12.4. The van der Waals surface area contributed by atoms with Gasteiger partial charge in [-0.1, -0.05) is 24.8 Å². The molecular formula is C40H54F12N4O17S4. The van der Waals surface area contributed by atoms with Crippen LogP contribution in [0.4, 0.5) is 72.8 Å². The SMILES string of the molecule is C=C(OS(=O)(=O)C(F)(F)F)C1CN(C(=O)OC(C)(C)C)C1.CC(=O)C1CN(C(=O)OC(C)(C)C)C1.CC(OS(=O)(=O)C(F)(F)F)=C1CN(C(=O)OC(C)(C)C)C1.O=S(=O)(N(c1ccccc1)S(=O)(=O)C(F)(F)F)C(F)(F)F. The van der Waals surface area contributed by atoms with Gasteiger partial charge in [-0.25, -0.2) is 14.4 Å². The van der Waals surface area contributed by atoms with Crippen LogP contribution in [-0.2, 0) is 67.7 Å². The van der Waals surface area contributed by atoms with Crippen molar-refractivity contribution in [3.8, 4) is 0 Å². The molecule has 3 amide bonds. The van der Waals surface area contributed by atoms with Crippen LogP contribution in [0.5, 0.6) is 0 Å². The quantitative estimate of drug-likeness (QED) is 0.0740. The molecule has 0 saturated carbocycles. The molecule has 1 aromatic carbocycles. The van der Waals surface area contributed by atoms with Crippen LogP contribution in [0.3, 0.4) is 0 Å². The summed E-state index contributed by atoms with van der Waals surface area (Å²) in [6, 6.07) is 3.85. The van der Waals surface area contributed by atoms with Crippen molar-refractivity contribution in [2.24, 2.45) is 11.8 Å². The zero-order valence-electron chi connectivity index (χ0n) is 42.4. The molecule has 3 aliphatic rings. The summed E-state index contributed by atoms with van der Waals surface area (Å²) in [5.74, 6) is -1.46. The van der Waals surface area contributed by atoms with Crippen LogP contribution < -0.4 is 3.71 Å². The van der Waals surface area contributed by atoms with E-state index in [1.54, 1.807) is 53.4 Å². The Bertz CT molecular complexity index is 2740. The fourth-order valence-corrected chi connectivity index (χ4v) is 8.90. The summed E-state index contributed by atoms with van der Waals surface area (Å²) in [7, 11) is -25.0. The molecule has 0 aromatic heterocycles. The summed E-state index contributed by atoms with van der Waals surface area (Å²) in [5.41, 5.74) is -26.3. The van der Waals surface area contributed by atoms with Gasteiger partial charge in [-0.15, -0.1) is 3.71 Å². The predicted octanol–water partition coefficient (Wildman–Crippen LogP) is 8.25. The molecule has 0 aliphatic carbocycles. The minimum atomic E-state index is -6.81. The summed E-state index contributed by atoms with van der Waals surface area (Å²) < 4.78 is 257. The summed E-state index contributed by atoms with van der Waals surface area (Å²) in [6.07, 6.45) is -1.59. The van der Waals surface area contributed by atoms with E-state index >= 15 is 0 Å². The molecule has 0 atom stereocenters. The number of anilines is 1. The maximum Gasteiger partial charge on any atom is 0.534 e. The Balaban J connectivity index is 0.000000519. The molecule has 0 bridgehead atoms. The second kappa shape index (κ2) is 24.3. The highest BCUT2D eigenvalue weighted by Crippen LogP contribution is 2.39. The van der Waals surface area contributed by atoms with Crippen LogP contribution in [-0.4, -0.2) is 151 Å². The number of sulfonamides is 2. The molecule has 3 aliphatic heterocycles. The molecule has 3 fully saturated rings. The maximum absolute atomic E-state index is 12.4. The molecule has 3 saturated heterocycles. The van der Waals surface area contributed by atoms with E-state index < -0.39 is 112 Å². The number of alkyl halides is 12. The highest BCUT2D eigenvalue weighted by molar-refractivity contribution is 8.11. The number of Topliss-reactive ketones (excluding diaryl/α,β-unsaturated/α-hetero) is 1. The molecular weight excluding hydrogens is 1160 g/mol. The van der Waals surface area contributed by atoms with E-state index in [0.29, 0.717) is 25.2 Å². The number of nitrogens with zero attached hydrogens (tertiary/aromatic N) is 4. The molecule has 0 N–H and O–H groups in total. The van der Waals surface area contributed by atoms with Crippen LogP contribution in [0.25, 0.3) is 0 Å². The average molecular weight is 1220 g/mol. The zero-order chi connectivity index (χ0) is 60.9. The van der Waals surface area contributed by atoms with Crippen molar-refractivity contribution in [1.82, 2.24) is 14.7 Å². The Hall–Kier alpha value is -5.46. The number of para-hydroxylation sites is 1. The monoisotopic (exact) mass is 1220 g/mol. The van der Waals surface area contributed by atoms with Gasteiger partial charge in [0.15, 0.2) is 0 Å². The van der Waals surface area contributed by atoms with E-state index in [1.165, 1.54) is 9.80 Å².